The number of hydrogen-bond acceptors (Lipinski definition) is 3. The first kappa shape index (κ1) is 20.6. The van der Waals surface area contributed by atoms with Crippen LogP contribution in [0.5, 0.6) is 11.5 Å². The van der Waals surface area contributed by atoms with Gasteiger partial charge in [0.15, 0.2) is 0 Å². The number of hydrogen-bond donors (Lipinski definition) is 2. The van der Waals surface area contributed by atoms with Crippen LogP contribution in [0.2, 0.25) is 0 Å². The highest BCUT2D eigenvalue weighted by Crippen LogP contribution is 2.40. The summed E-state index contributed by atoms with van der Waals surface area (Å²) in [6, 6.07) is 21.1. The molecule has 0 saturated heterocycles. The average Bonchev–Trinajstić information content (AvgIpc) is 3.17. The first-order chi connectivity index (χ1) is 15.0. The van der Waals surface area contributed by atoms with Crippen molar-refractivity contribution in [3.8, 4) is 34.5 Å². The van der Waals surface area contributed by atoms with E-state index in [4.69, 9.17) is 9.84 Å². The normalized spacial score (nSPS) is 15.5. The number of ether oxygens (including phenoxy) is 1. The Morgan fingerprint density at radius 1 is 1.10 bits per heavy atom. The van der Waals surface area contributed by atoms with E-state index in [-0.39, 0.29) is 24.2 Å². The van der Waals surface area contributed by atoms with Crippen LogP contribution in [0.3, 0.4) is 0 Å². The van der Waals surface area contributed by atoms with E-state index in [1.54, 1.807) is 19.1 Å². The number of rotatable bonds is 6. The van der Waals surface area contributed by atoms with Gasteiger partial charge in [0.1, 0.15) is 17.6 Å². The SMILES string of the molecule is CC#CC(CC(=O)O)c1ccc(OC2CCc3c(-c4ccc(O)cc4)cccc32)cc1. The lowest BCUT2D eigenvalue weighted by Crippen LogP contribution is -2.06. The van der Waals surface area contributed by atoms with Crippen molar-refractivity contribution < 1.29 is 19.7 Å². The van der Waals surface area contributed by atoms with Gasteiger partial charge in [-0.2, -0.15) is 0 Å². The molecule has 4 heteroatoms. The third kappa shape index (κ3) is 4.57. The molecule has 4 nitrogen and oxygen atoms in total. The Labute approximate surface area is 182 Å². The Morgan fingerprint density at radius 2 is 1.84 bits per heavy atom. The van der Waals surface area contributed by atoms with Crippen LogP contribution in [0, 0.1) is 11.8 Å². The third-order valence-corrected chi connectivity index (χ3v) is 5.65. The molecule has 0 amide bonds. The fourth-order valence-electron chi connectivity index (χ4n) is 4.19. The minimum Gasteiger partial charge on any atom is -0.508 e. The first-order valence-corrected chi connectivity index (χ1v) is 10.4. The minimum atomic E-state index is -0.861. The van der Waals surface area contributed by atoms with E-state index in [2.05, 4.69) is 24.0 Å². The number of carbonyl (C=O) groups is 1. The molecular formula is C27H24O4. The molecule has 1 aliphatic carbocycles. The second kappa shape index (κ2) is 8.97. The molecule has 2 N–H and O–H groups in total. The van der Waals surface area contributed by atoms with Crippen LogP contribution in [-0.4, -0.2) is 16.2 Å². The minimum absolute atomic E-state index is 0.0168. The summed E-state index contributed by atoms with van der Waals surface area (Å²) in [6.45, 7) is 1.72. The Bertz CT molecular complexity index is 1130. The van der Waals surface area contributed by atoms with Crippen molar-refractivity contribution in [1.82, 2.24) is 0 Å². The summed E-state index contributed by atoms with van der Waals surface area (Å²) in [6.07, 6.45) is 1.79. The molecule has 2 unspecified atom stereocenters. The number of fused-ring (bicyclic) bond motifs is 1. The van der Waals surface area contributed by atoms with Crippen LogP contribution in [0.25, 0.3) is 11.1 Å². The number of aromatic hydroxyl groups is 1. The van der Waals surface area contributed by atoms with Crippen molar-refractivity contribution in [3.05, 3.63) is 83.4 Å². The van der Waals surface area contributed by atoms with Crippen molar-refractivity contribution in [2.24, 2.45) is 0 Å². The summed E-state index contributed by atoms with van der Waals surface area (Å²) in [5.41, 5.74) is 5.62. The summed E-state index contributed by atoms with van der Waals surface area (Å²) in [5, 5.41) is 18.7. The monoisotopic (exact) mass is 412 g/mol. The highest BCUT2D eigenvalue weighted by atomic mass is 16.5. The highest BCUT2D eigenvalue weighted by molar-refractivity contribution is 5.70. The fourth-order valence-corrected chi connectivity index (χ4v) is 4.19. The number of phenolic OH excluding ortho intramolecular Hbond substituents is 1. The number of carboxylic acids is 1. The number of benzene rings is 3. The average molecular weight is 412 g/mol. The third-order valence-electron chi connectivity index (χ3n) is 5.65. The fraction of sp³-hybridized carbons (Fsp3) is 0.222. The van der Waals surface area contributed by atoms with Gasteiger partial charge < -0.3 is 14.9 Å². The molecule has 2 atom stereocenters. The Hall–Kier alpha value is -3.71. The number of aliphatic carboxylic acids is 1. The van der Waals surface area contributed by atoms with Crippen LogP contribution in [-0.2, 0) is 11.2 Å². The van der Waals surface area contributed by atoms with Gasteiger partial charge in [-0.1, -0.05) is 48.4 Å². The summed E-state index contributed by atoms with van der Waals surface area (Å²) >= 11 is 0. The molecule has 3 aromatic rings. The van der Waals surface area contributed by atoms with Crippen molar-refractivity contribution in [3.63, 3.8) is 0 Å². The predicted molar refractivity (Wildman–Crippen MR) is 120 cm³/mol. The summed E-state index contributed by atoms with van der Waals surface area (Å²) in [7, 11) is 0. The summed E-state index contributed by atoms with van der Waals surface area (Å²) < 4.78 is 6.30. The van der Waals surface area contributed by atoms with Crippen LogP contribution < -0.4 is 4.74 Å². The topological polar surface area (TPSA) is 66.8 Å². The Kier molecular flexibility index (Phi) is 5.95. The molecule has 1 aliphatic rings. The van der Waals surface area contributed by atoms with E-state index >= 15 is 0 Å². The molecule has 0 fully saturated rings. The van der Waals surface area contributed by atoms with Crippen LogP contribution >= 0.6 is 0 Å². The van der Waals surface area contributed by atoms with Crippen molar-refractivity contribution in [2.45, 2.75) is 38.2 Å². The highest BCUT2D eigenvalue weighted by Gasteiger charge is 2.26. The molecule has 156 valence electrons. The quantitative estimate of drug-likeness (QED) is 0.509. The van der Waals surface area contributed by atoms with Gasteiger partial charge in [0.25, 0.3) is 0 Å². The van der Waals surface area contributed by atoms with E-state index in [9.17, 15) is 9.90 Å². The largest absolute Gasteiger partial charge is 0.508 e. The molecule has 0 saturated carbocycles. The molecule has 0 spiro atoms. The van der Waals surface area contributed by atoms with Crippen LogP contribution in [0.1, 0.15) is 48.5 Å². The van der Waals surface area contributed by atoms with E-state index in [0.29, 0.717) is 0 Å². The predicted octanol–water partition coefficient (Wildman–Crippen LogP) is 5.71. The van der Waals surface area contributed by atoms with Gasteiger partial charge in [-0.25, -0.2) is 0 Å². The van der Waals surface area contributed by atoms with Crippen molar-refractivity contribution in [1.29, 1.82) is 0 Å². The van der Waals surface area contributed by atoms with Gasteiger partial charge in [0, 0.05) is 0 Å². The van der Waals surface area contributed by atoms with E-state index in [1.165, 1.54) is 16.7 Å². The van der Waals surface area contributed by atoms with Gasteiger partial charge in [-0.3, -0.25) is 4.79 Å². The Balaban J connectivity index is 1.53. The Morgan fingerprint density at radius 3 is 2.52 bits per heavy atom. The number of phenols is 1. The van der Waals surface area contributed by atoms with E-state index < -0.39 is 5.97 Å². The maximum Gasteiger partial charge on any atom is 0.304 e. The van der Waals surface area contributed by atoms with Gasteiger partial charge >= 0.3 is 5.97 Å². The molecule has 0 bridgehead atoms. The molecular weight excluding hydrogens is 388 g/mol. The van der Waals surface area contributed by atoms with Crippen LogP contribution in [0.4, 0.5) is 0 Å². The zero-order chi connectivity index (χ0) is 21.8. The van der Waals surface area contributed by atoms with Gasteiger partial charge in [0.05, 0.1) is 12.3 Å². The van der Waals surface area contributed by atoms with Crippen LogP contribution in [0.15, 0.2) is 66.7 Å². The van der Waals surface area contributed by atoms with Crippen molar-refractivity contribution >= 4 is 5.97 Å². The molecule has 3 aromatic carbocycles. The molecule has 0 radical (unpaired) electrons. The lowest BCUT2D eigenvalue weighted by atomic mass is 9.96. The first-order valence-electron chi connectivity index (χ1n) is 10.4. The standard InChI is InChI=1S/C27H24O4/c1-2-4-20(17-27(29)30)18-9-13-22(14-10-18)31-26-16-15-24-23(5-3-6-25(24)26)19-7-11-21(28)12-8-19/h3,5-14,20,26,28H,15-17H2,1H3,(H,29,30). The van der Waals surface area contributed by atoms with E-state index in [1.807, 2.05) is 42.5 Å². The van der Waals surface area contributed by atoms with Gasteiger partial charge in [0.2, 0.25) is 0 Å². The summed E-state index contributed by atoms with van der Waals surface area (Å²) in [5.74, 6) is 5.63. The smallest absolute Gasteiger partial charge is 0.304 e. The lowest BCUT2D eigenvalue weighted by Gasteiger charge is -2.17. The molecule has 0 aliphatic heterocycles. The molecule has 4 rings (SSSR count). The van der Waals surface area contributed by atoms with Crippen molar-refractivity contribution in [2.75, 3.05) is 0 Å². The number of carboxylic acid groups (broad SMARTS) is 1. The maximum atomic E-state index is 11.1. The molecule has 0 heterocycles. The lowest BCUT2D eigenvalue weighted by molar-refractivity contribution is -0.137. The summed E-state index contributed by atoms with van der Waals surface area (Å²) in [4.78, 5) is 11.1. The zero-order valence-corrected chi connectivity index (χ0v) is 17.3. The van der Waals surface area contributed by atoms with Gasteiger partial charge in [-0.05, 0) is 71.8 Å². The molecule has 0 aromatic heterocycles. The zero-order valence-electron chi connectivity index (χ0n) is 17.3. The molecule has 31 heavy (non-hydrogen) atoms. The maximum absolute atomic E-state index is 11.1. The second-order valence-electron chi connectivity index (χ2n) is 7.68. The van der Waals surface area contributed by atoms with E-state index in [0.717, 1.165) is 29.7 Å². The van der Waals surface area contributed by atoms with Gasteiger partial charge in [-0.15, -0.1) is 5.92 Å². The second-order valence-corrected chi connectivity index (χ2v) is 7.68.